The number of carbonyl (C=O) groups excluding carboxylic acids is 1. The fourth-order valence-corrected chi connectivity index (χ4v) is 1.37. The maximum absolute atomic E-state index is 13.0. The van der Waals surface area contributed by atoms with Crippen molar-refractivity contribution in [3.05, 3.63) is 53.6 Å². The number of hydrogen-bond donors (Lipinski definition) is 0. The first-order valence-electron chi connectivity index (χ1n) is 5.03. The molecule has 0 atom stereocenters. The van der Waals surface area contributed by atoms with Crippen molar-refractivity contribution in [2.45, 2.75) is 6.92 Å². The quantitative estimate of drug-likeness (QED) is 0.762. The van der Waals surface area contributed by atoms with Gasteiger partial charge >= 0.3 is 0 Å². The first kappa shape index (κ1) is 11.3. The molecule has 3 nitrogen and oxygen atoms in total. The van der Waals surface area contributed by atoms with Crippen LogP contribution < -0.4 is 4.74 Å². The number of halogens is 1. The van der Waals surface area contributed by atoms with Crippen molar-refractivity contribution in [3.8, 4) is 11.5 Å². The van der Waals surface area contributed by atoms with Crippen molar-refractivity contribution in [1.82, 2.24) is 4.98 Å². The average Bonchev–Trinajstić information content (AvgIpc) is 2.34. The third-order valence-electron chi connectivity index (χ3n) is 2.25. The molecule has 86 valence electrons. The summed E-state index contributed by atoms with van der Waals surface area (Å²) in [5, 5.41) is 0. The van der Waals surface area contributed by atoms with Crippen LogP contribution in [0, 0.1) is 12.7 Å². The Labute approximate surface area is 97.9 Å². The van der Waals surface area contributed by atoms with Gasteiger partial charge in [0.05, 0.1) is 6.20 Å². The Morgan fingerprint density at radius 3 is 2.88 bits per heavy atom. The van der Waals surface area contributed by atoms with Crippen LogP contribution >= 0.6 is 0 Å². The number of aldehydes is 1. The van der Waals surface area contributed by atoms with Crippen LogP contribution in [-0.4, -0.2) is 11.3 Å². The Balaban J connectivity index is 2.30. The summed E-state index contributed by atoms with van der Waals surface area (Å²) < 4.78 is 18.5. The van der Waals surface area contributed by atoms with E-state index in [1.807, 2.05) is 6.92 Å². The van der Waals surface area contributed by atoms with E-state index in [0.29, 0.717) is 23.3 Å². The molecule has 0 unspecified atom stereocenters. The molecule has 0 spiro atoms. The normalized spacial score (nSPS) is 10.0. The summed E-state index contributed by atoms with van der Waals surface area (Å²) in [6.45, 7) is 1.81. The predicted molar refractivity (Wildman–Crippen MR) is 60.8 cm³/mol. The van der Waals surface area contributed by atoms with Crippen LogP contribution in [0.15, 0.2) is 36.7 Å². The molecular weight excluding hydrogens is 221 g/mol. The highest BCUT2D eigenvalue weighted by atomic mass is 19.1. The molecular formula is C13H10FNO2. The molecule has 0 N–H and O–H groups in total. The van der Waals surface area contributed by atoms with Crippen LogP contribution in [0.25, 0.3) is 0 Å². The molecule has 1 heterocycles. The maximum Gasteiger partial charge on any atom is 0.151 e. The van der Waals surface area contributed by atoms with Gasteiger partial charge in [-0.25, -0.2) is 4.39 Å². The van der Waals surface area contributed by atoms with Crippen LogP contribution in [0.4, 0.5) is 4.39 Å². The minimum Gasteiger partial charge on any atom is -0.455 e. The van der Waals surface area contributed by atoms with Crippen LogP contribution in [0.2, 0.25) is 0 Å². The molecule has 0 saturated heterocycles. The van der Waals surface area contributed by atoms with Crippen LogP contribution in [0.1, 0.15) is 15.9 Å². The fraction of sp³-hybridized carbons (Fsp3) is 0.0769. The number of nitrogens with zero attached hydrogens (tertiary/aromatic N) is 1. The van der Waals surface area contributed by atoms with Crippen LogP contribution in [-0.2, 0) is 0 Å². The third-order valence-corrected chi connectivity index (χ3v) is 2.25. The first-order valence-corrected chi connectivity index (χ1v) is 5.03. The number of rotatable bonds is 3. The fourth-order valence-electron chi connectivity index (χ4n) is 1.37. The smallest absolute Gasteiger partial charge is 0.151 e. The molecule has 17 heavy (non-hydrogen) atoms. The van der Waals surface area contributed by atoms with Crippen molar-refractivity contribution >= 4 is 6.29 Å². The van der Waals surface area contributed by atoms with Gasteiger partial charge in [-0.2, -0.15) is 0 Å². The highest BCUT2D eigenvalue weighted by Crippen LogP contribution is 2.25. The van der Waals surface area contributed by atoms with Crippen molar-refractivity contribution in [2.75, 3.05) is 0 Å². The Hall–Kier alpha value is -2.23. The zero-order valence-corrected chi connectivity index (χ0v) is 9.18. The van der Waals surface area contributed by atoms with Gasteiger partial charge in [-0.3, -0.25) is 9.78 Å². The molecule has 2 rings (SSSR count). The zero-order chi connectivity index (χ0) is 12.3. The highest BCUT2D eigenvalue weighted by Gasteiger charge is 2.04. The third kappa shape index (κ3) is 2.66. The Morgan fingerprint density at radius 2 is 2.12 bits per heavy atom. The number of ether oxygens (including phenoxy) is 1. The Morgan fingerprint density at radius 1 is 1.29 bits per heavy atom. The van der Waals surface area contributed by atoms with Gasteiger partial charge in [0.1, 0.15) is 17.3 Å². The number of carbonyl (C=O) groups is 1. The summed E-state index contributed by atoms with van der Waals surface area (Å²) in [7, 11) is 0. The first-order chi connectivity index (χ1) is 8.19. The molecule has 0 aliphatic carbocycles. The second-order valence-electron chi connectivity index (χ2n) is 3.58. The average molecular weight is 231 g/mol. The second-order valence-corrected chi connectivity index (χ2v) is 3.58. The van der Waals surface area contributed by atoms with Crippen LogP contribution in [0.3, 0.4) is 0 Å². The lowest BCUT2D eigenvalue weighted by Gasteiger charge is -2.08. The molecule has 0 fully saturated rings. The van der Waals surface area contributed by atoms with Gasteiger partial charge in [0.25, 0.3) is 0 Å². The molecule has 4 heteroatoms. The highest BCUT2D eigenvalue weighted by molar-refractivity contribution is 5.74. The van der Waals surface area contributed by atoms with E-state index in [1.165, 1.54) is 24.5 Å². The number of pyridine rings is 1. The topological polar surface area (TPSA) is 39.2 Å². The van der Waals surface area contributed by atoms with Gasteiger partial charge < -0.3 is 4.74 Å². The van der Waals surface area contributed by atoms with Gasteiger partial charge in [0, 0.05) is 17.8 Å². The summed E-state index contributed by atoms with van der Waals surface area (Å²) in [6.07, 6.45) is 3.58. The van der Waals surface area contributed by atoms with Gasteiger partial charge in [-0.05, 0) is 24.6 Å². The van der Waals surface area contributed by atoms with Gasteiger partial charge in [0.2, 0.25) is 0 Å². The number of aryl methyl sites for hydroxylation is 1. The van der Waals surface area contributed by atoms with Gasteiger partial charge in [-0.15, -0.1) is 0 Å². The molecule has 0 amide bonds. The molecule has 0 aliphatic rings. The Bertz CT molecular complexity index is 555. The van der Waals surface area contributed by atoms with E-state index in [4.69, 9.17) is 4.74 Å². The zero-order valence-electron chi connectivity index (χ0n) is 9.18. The molecule has 0 bridgehead atoms. The van der Waals surface area contributed by atoms with E-state index < -0.39 is 0 Å². The SMILES string of the molecule is Cc1ccc(F)cc1Oc1cncc(C=O)c1. The van der Waals surface area contributed by atoms with E-state index in [0.717, 1.165) is 5.56 Å². The molecule has 0 aliphatic heterocycles. The van der Waals surface area contributed by atoms with E-state index in [-0.39, 0.29) is 5.82 Å². The van der Waals surface area contributed by atoms with E-state index in [9.17, 15) is 9.18 Å². The lowest BCUT2D eigenvalue weighted by atomic mass is 10.2. The Kier molecular flexibility index (Phi) is 3.14. The summed E-state index contributed by atoms with van der Waals surface area (Å²) >= 11 is 0. The number of aromatic nitrogens is 1. The monoisotopic (exact) mass is 231 g/mol. The van der Waals surface area contributed by atoms with Crippen molar-refractivity contribution in [3.63, 3.8) is 0 Å². The van der Waals surface area contributed by atoms with E-state index in [1.54, 1.807) is 12.1 Å². The molecule has 1 aromatic heterocycles. The van der Waals surface area contributed by atoms with Crippen LogP contribution in [0.5, 0.6) is 11.5 Å². The van der Waals surface area contributed by atoms with E-state index >= 15 is 0 Å². The van der Waals surface area contributed by atoms with Crippen molar-refractivity contribution in [2.24, 2.45) is 0 Å². The molecule has 0 radical (unpaired) electrons. The molecule has 2 aromatic rings. The lowest BCUT2D eigenvalue weighted by molar-refractivity contribution is 0.112. The van der Waals surface area contributed by atoms with Crippen molar-refractivity contribution < 1.29 is 13.9 Å². The predicted octanol–water partition coefficient (Wildman–Crippen LogP) is 3.13. The molecule has 0 saturated carbocycles. The van der Waals surface area contributed by atoms with Gasteiger partial charge in [0.15, 0.2) is 6.29 Å². The lowest BCUT2D eigenvalue weighted by Crippen LogP contribution is -1.91. The summed E-state index contributed by atoms with van der Waals surface area (Å²) in [5.74, 6) is 0.447. The van der Waals surface area contributed by atoms with E-state index in [2.05, 4.69) is 4.98 Å². The summed E-state index contributed by atoms with van der Waals surface area (Å²) in [5.41, 5.74) is 1.22. The minimum absolute atomic E-state index is 0.370. The summed E-state index contributed by atoms with van der Waals surface area (Å²) in [4.78, 5) is 14.4. The number of benzene rings is 1. The molecule has 1 aromatic carbocycles. The minimum atomic E-state index is -0.370. The largest absolute Gasteiger partial charge is 0.455 e. The second kappa shape index (κ2) is 4.74. The summed E-state index contributed by atoms with van der Waals surface area (Å²) in [6, 6.07) is 5.83. The number of hydrogen-bond acceptors (Lipinski definition) is 3. The van der Waals surface area contributed by atoms with Crippen molar-refractivity contribution in [1.29, 1.82) is 0 Å². The van der Waals surface area contributed by atoms with Gasteiger partial charge in [-0.1, -0.05) is 6.07 Å². The standard InChI is InChI=1S/C13H10FNO2/c1-9-2-3-11(14)5-13(9)17-12-4-10(8-16)6-15-7-12/h2-8H,1H3. The maximum atomic E-state index is 13.0.